The quantitative estimate of drug-likeness (QED) is 0.841. The Balaban J connectivity index is 1.84. The van der Waals surface area contributed by atoms with Crippen molar-refractivity contribution in [2.75, 3.05) is 6.54 Å². The molecule has 1 aromatic heterocycles. The number of amides is 1. The summed E-state index contributed by atoms with van der Waals surface area (Å²) in [6.07, 6.45) is 7.34. The zero-order chi connectivity index (χ0) is 14.5. The lowest BCUT2D eigenvalue weighted by Gasteiger charge is -2.27. The summed E-state index contributed by atoms with van der Waals surface area (Å²) in [5, 5.41) is 12.0. The number of aromatic nitrogens is 2. The van der Waals surface area contributed by atoms with E-state index in [0.29, 0.717) is 25.8 Å². The number of carboxylic acid groups (broad SMARTS) is 1. The number of carbonyl (C=O) groups is 2. The van der Waals surface area contributed by atoms with Crippen LogP contribution >= 0.6 is 0 Å². The summed E-state index contributed by atoms with van der Waals surface area (Å²) in [5.41, 5.74) is 0. The lowest BCUT2D eigenvalue weighted by Crippen LogP contribution is -2.40. The van der Waals surface area contributed by atoms with Crippen LogP contribution in [0.2, 0.25) is 0 Å². The third-order valence-electron chi connectivity index (χ3n) is 3.99. The van der Waals surface area contributed by atoms with E-state index >= 15 is 0 Å². The predicted octanol–water partition coefficient (Wildman–Crippen LogP) is 0.970. The van der Waals surface area contributed by atoms with Crippen molar-refractivity contribution in [2.24, 2.45) is 18.9 Å². The number of aryl methyl sites for hydroxylation is 1. The number of nitrogens with one attached hydrogen (secondary N) is 1. The maximum absolute atomic E-state index is 12.1. The number of aliphatic carboxylic acids is 1. The fourth-order valence-electron chi connectivity index (χ4n) is 2.81. The molecule has 2 rings (SSSR count). The number of carbonyl (C=O) groups excluding carboxylic acids is 1. The zero-order valence-electron chi connectivity index (χ0n) is 11.7. The molecule has 6 heteroatoms. The molecule has 1 aliphatic rings. The average molecular weight is 279 g/mol. The molecule has 6 nitrogen and oxygen atoms in total. The molecule has 1 amide bonds. The summed E-state index contributed by atoms with van der Waals surface area (Å²) >= 11 is 0. The van der Waals surface area contributed by atoms with Crippen molar-refractivity contribution in [3.8, 4) is 0 Å². The number of carboxylic acids is 1. The minimum atomic E-state index is -0.853. The lowest BCUT2D eigenvalue weighted by atomic mass is 9.78. The van der Waals surface area contributed by atoms with E-state index in [1.165, 1.54) is 0 Å². The van der Waals surface area contributed by atoms with Crippen LogP contribution in [0.3, 0.4) is 0 Å². The van der Waals surface area contributed by atoms with Crippen molar-refractivity contribution in [2.45, 2.75) is 32.1 Å². The van der Waals surface area contributed by atoms with Crippen LogP contribution in [-0.4, -0.2) is 33.1 Å². The van der Waals surface area contributed by atoms with Crippen LogP contribution in [-0.2, 0) is 23.1 Å². The molecule has 0 bridgehead atoms. The second-order valence-corrected chi connectivity index (χ2v) is 5.33. The van der Waals surface area contributed by atoms with Crippen molar-refractivity contribution in [1.82, 2.24) is 14.9 Å². The predicted molar refractivity (Wildman–Crippen MR) is 73.0 cm³/mol. The highest BCUT2D eigenvalue weighted by Gasteiger charge is 2.35. The third-order valence-corrected chi connectivity index (χ3v) is 3.99. The first kappa shape index (κ1) is 14.6. The Morgan fingerprint density at radius 3 is 2.70 bits per heavy atom. The van der Waals surface area contributed by atoms with Crippen molar-refractivity contribution in [3.63, 3.8) is 0 Å². The molecular weight excluding hydrogens is 258 g/mol. The topological polar surface area (TPSA) is 84.2 Å². The van der Waals surface area contributed by atoms with E-state index in [0.717, 1.165) is 18.7 Å². The molecule has 1 fully saturated rings. The molecule has 0 aliphatic heterocycles. The van der Waals surface area contributed by atoms with Crippen LogP contribution in [0.4, 0.5) is 0 Å². The average Bonchev–Trinajstić information content (AvgIpc) is 2.84. The smallest absolute Gasteiger partial charge is 0.307 e. The Morgan fingerprint density at radius 1 is 1.40 bits per heavy atom. The summed E-state index contributed by atoms with van der Waals surface area (Å²) in [7, 11) is 1.91. The van der Waals surface area contributed by atoms with Gasteiger partial charge in [-0.25, -0.2) is 4.98 Å². The fraction of sp³-hybridized carbons (Fsp3) is 0.643. The number of nitrogens with zero attached hydrogens (tertiary/aromatic N) is 2. The van der Waals surface area contributed by atoms with Gasteiger partial charge in [0.05, 0.1) is 11.8 Å². The van der Waals surface area contributed by atoms with Crippen LogP contribution in [0.5, 0.6) is 0 Å². The van der Waals surface area contributed by atoms with Gasteiger partial charge in [0, 0.05) is 32.4 Å². The van der Waals surface area contributed by atoms with Crippen LogP contribution in [0.25, 0.3) is 0 Å². The van der Waals surface area contributed by atoms with Gasteiger partial charge in [0.25, 0.3) is 0 Å². The number of hydrogen-bond acceptors (Lipinski definition) is 3. The van der Waals surface area contributed by atoms with Crippen LogP contribution in [0, 0.1) is 11.8 Å². The molecule has 1 heterocycles. The number of hydrogen-bond donors (Lipinski definition) is 2. The Hall–Kier alpha value is -1.85. The lowest BCUT2D eigenvalue weighted by molar-refractivity contribution is -0.148. The largest absolute Gasteiger partial charge is 0.481 e. The standard InChI is InChI=1S/C14H21N3O3/c1-17-9-8-15-12(17)6-7-16-13(18)10-4-2-3-5-11(10)14(19)20/h8-11H,2-7H2,1H3,(H,16,18)(H,19,20). The second kappa shape index (κ2) is 6.54. The van der Waals surface area contributed by atoms with Gasteiger partial charge in [-0.05, 0) is 12.8 Å². The summed E-state index contributed by atoms with van der Waals surface area (Å²) in [6.45, 7) is 0.493. The van der Waals surface area contributed by atoms with E-state index in [-0.39, 0.29) is 11.8 Å². The van der Waals surface area contributed by atoms with Crippen LogP contribution in [0.1, 0.15) is 31.5 Å². The molecule has 0 spiro atoms. The van der Waals surface area contributed by atoms with Gasteiger partial charge in [-0.1, -0.05) is 12.8 Å². The van der Waals surface area contributed by atoms with E-state index < -0.39 is 11.9 Å². The first-order valence-electron chi connectivity index (χ1n) is 7.06. The van der Waals surface area contributed by atoms with Gasteiger partial charge in [0.15, 0.2) is 0 Å². The molecule has 2 unspecified atom stereocenters. The summed E-state index contributed by atoms with van der Waals surface area (Å²) in [5.74, 6) is -0.997. The molecule has 1 aliphatic carbocycles. The zero-order valence-corrected chi connectivity index (χ0v) is 11.7. The van der Waals surface area contributed by atoms with E-state index in [9.17, 15) is 14.7 Å². The first-order valence-corrected chi connectivity index (χ1v) is 7.06. The highest BCUT2D eigenvalue weighted by Crippen LogP contribution is 2.30. The fourth-order valence-corrected chi connectivity index (χ4v) is 2.81. The normalized spacial score (nSPS) is 22.4. The molecule has 0 radical (unpaired) electrons. The number of imidazole rings is 1. The summed E-state index contributed by atoms with van der Waals surface area (Å²) in [4.78, 5) is 27.5. The Bertz CT molecular complexity index is 484. The number of rotatable bonds is 5. The molecule has 0 saturated heterocycles. The highest BCUT2D eigenvalue weighted by atomic mass is 16.4. The van der Waals surface area contributed by atoms with Crippen LogP contribution < -0.4 is 5.32 Å². The van der Waals surface area contributed by atoms with Crippen molar-refractivity contribution in [3.05, 3.63) is 18.2 Å². The Kier molecular flexibility index (Phi) is 4.76. The van der Waals surface area contributed by atoms with Gasteiger partial charge in [-0.3, -0.25) is 9.59 Å². The van der Waals surface area contributed by atoms with Gasteiger partial charge in [0.2, 0.25) is 5.91 Å². The molecule has 110 valence electrons. The van der Waals surface area contributed by atoms with Gasteiger partial charge >= 0.3 is 5.97 Å². The van der Waals surface area contributed by atoms with Gasteiger partial charge in [-0.15, -0.1) is 0 Å². The minimum absolute atomic E-state index is 0.133. The van der Waals surface area contributed by atoms with Gasteiger partial charge in [-0.2, -0.15) is 0 Å². The highest BCUT2D eigenvalue weighted by molar-refractivity contribution is 5.84. The minimum Gasteiger partial charge on any atom is -0.481 e. The second-order valence-electron chi connectivity index (χ2n) is 5.33. The SMILES string of the molecule is Cn1ccnc1CCNC(=O)C1CCCCC1C(=O)O. The van der Waals surface area contributed by atoms with Crippen molar-refractivity contribution >= 4 is 11.9 Å². The van der Waals surface area contributed by atoms with Crippen LogP contribution in [0.15, 0.2) is 12.4 Å². The molecule has 2 N–H and O–H groups in total. The summed E-state index contributed by atoms with van der Waals surface area (Å²) in [6, 6.07) is 0. The first-order chi connectivity index (χ1) is 9.59. The van der Waals surface area contributed by atoms with Crippen molar-refractivity contribution < 1.29 is 14.7 Å². The molecular formula is C14H21N3O3. The maximum Gasteiger partial charge on any atom is 0.307 e. The summed E-state index contributed by atoms with van der Waals surface area (Å²) < 4.78 is 1.91. The van der Waals surface area contributed by atoms with Crippen molar-refractivity contribution in [1.29, 1.82) is 0 Å². The maximum atomic E-state index is 12.1. The monoisotopic (exact) mass is 279 g/mol. The van der Waals surface area contributed by atoms with E-state index in [1.807, 2.05) is 17.8 Å². The van der Waals surface area contributed by atoms with E-state index in [4.69, 9.17) is 0 Å². The van der Waals surface area contributed by atoms with Gasteiger partial charge in [0.1, 0.15) is 5.82 Å². The Morgan fingerprint density at radius 2 is 2.10 bits per heavy atom. The Labute approximate surface area is 118 Å². The molecule has 1 saturated carbocycles. The molecule has 2 atom stereocenters. The molecule has 0 aromatic carbocycles. The van der Waals surface area contributed by atoms with E-state index in [1.54, 1.807) is 6.20 Å². The third kappa shape index (κ3) is 3.37. The van der Waals surface area contributed by atoms with E-state index in [2.05, 4.69) is 10.3 Å². The molecule has 1 aromatic rings. The molecule has 20 heavy (non-hydrogen) atoms. The van der Waals surface area contributed by atoms with Gasteiger partial charge < -0.3 is 15.0 Å².